The highest BCUT2D eigenvalue weighted by molar-refractivity contribution is 7.16. The number of nitrogens with two attached hydrogens (primary N) is 1. The minimum absolute atomic E-state index is 0.0138. The summed E-state index contributed by atoms with van der Waals surface area (Å²) in [7, 11) is 0. The van der Waals surface area contributed by atoms with E-state index in [2.05, 4.69) is 36.1 Å². The van der Waals surface area contributed by atoms with Crippen LogP contribution in [0.3, 0.4) is 0 Å². The standard InChI is InChI=1S/C12H19N5S/c1-12(2,3)8(13)10-16-17-9(7-5-4-6-7)14-15-11(17)18-10/h7-8H,4-6,13H2,1-3H3. The largest absolute Gasteiger partial charge is 0.321 e. The van der Waals surface area contributed by atoms with Crippen molar-refractivity contribution in [1.82, 2.24) is 19.8 Å². The van der Waals surface area contributed by atoms with Crippen molar-refractivity contribution in [2.45, 2.75) is 52.0 Å². The van der Waals surface area contributed by atoms with Gasteiger partial charge in [0, 0.05) is 5.92 Å². The summed E-state index contributed by atoms with van der Waals surface area (Å²) in [6.07, 6.45) is 3.70. The third-order valence-electron chi connectivity index (χ3n) is 3.70. The molecule has 0 bridgehead atoms. The molecule has 1 aliphatic carbocycles. The van der Waals surface area contributed by atoms with Crippen LogP contribution in [0.25, 0.3) is 4.96 Å². The third-order valence-corrected chi connectivity index (χ3v) is 4.68. The molecule has 1 saturated carbocycles. The molecule has 2 N–H and O–H groups in total. The number of hydrogen-bond acceptors (Lipinski definition) is 5. The molecule has 1 aliphatic rings. The monoisotopic (exact) mass is 265 g/mol. The van der Waals surface area contributed by atoms with E-state index in [9.17, 15) is 0 Å². The van der Waals surface area contributed by atoms with Crippen LogP contribution in [-0.4, -0.2) is 19.8 Å². The van der Waals surface area contributed by atoms with E-state index in [0.29, 0.717) is 5.92 Å². The molecule has 6 heteroatoms. The molecule has 2 aromatic rings. The number of hydrogen-bond donors (Lipinski definition) is 1. The molecule has 0 aromatic carbocycles. The van der Waals surface area contributed by atoms with Crippen LogP contribution < -0.4 is 5.73 Å². The predicted molar refractivity (Wildman–Crippen MR) is 71.6 cm³/mol. The van der Waals surface area contributed by atoms with Gasteiger partial charge < -0.3 is 5.73 Å². The second-order valence-electron chi connectivity index (χ2n) is 6.16. The lowest BCUT2D eigenvalue weighted by Crippen LogP contribution is -2.26. The van der Waals surface area contributed by atoms with Crippen molar-refractivity contribution in [3.8, 4) is 0 Å². The van der Waals surface area contributed by atoms with E-state index in [0.717, 1.165) is 15.8 Å². The van der Waals surface area contributed by atoms with Crippen molar-refractivity contribution in [2.24, 2.45) is 11.1 Å². The van der Waals surface area contributed by atoms with Crippen LogP contribution in [0.2, 0.25) is 0 Å². The van der Waals surface area contributed by atoms with Gasteiger partial charge in [-0.15, -0.1) is 10.2 Å². The normalized spacial score (nSPS) is 19.1. The molecular formula is C12H19N5S. The Morgan fingerprint density at radius 3 is 2.61 bits per heavy atom. The van der Waals surface area contributed by atoms with Crippen molar-refractivity contribution in [3.63, 3.8) is 0 Å². The highest BCUT2D eigenvalue weighted by atomic mass is 32.1. The zero-order chi connectivity index (χ0) is 12.9. The molecule has 5 nitrogen and oxygen atoms in total. The average molecular weight is 265 g/mol. The molecule has 3 rings (SSSR count). The molecule has 1 atom stereocenters. The first-order valence-electron chi connectivity index (χ1n) is 6.44. The lowest BCUT2D eigenvalue weighted by molar-refractivity contribution is 0.323. The Kier molecular flexibility index (Phi) is 2.67. The molecule has 1 fully saturated rings. The van der Waals surface area contributed by atoms with Gasteiger partial charge in [-0.2, -0.15) is 9.61 Å². The fourth-order valence-electron chi connectivity index (χ4n) is 2.06. The maximum atomic E-state index is 6.25. The quantitative estimate of drug-likeness (QED) is 0.905. The summed E-state index contributed by atoms with van der Waals surface area (Å²) in [5, 5.41) is 14.1. The van der Waals surface area contributed by atoms with Crippen molar-refractivity contribution in [2.75, 3.05) is 0 Å². The summed E-state index contributed by atoms with van der Waals surface area (Å²) in [4.78, 5) is 0.867. The van der Waals surface area contributed by atoms with E-state index < -0.39 is 0 Å². The second kappa shape index (κ2) is 3.99. The Morgan fingerprint density at radius 2 is 2.06 bits per heavy atom. The van der Waals surface area contributed by atoms with Gasteiger partial charge in [0.25, 0.3) is 0 Å². The Balaban J connectivity index is 1.98. The molecule has 98 valence electrons. The highest BCUT2D eigenvalue weighted by Crippen LogP contribution is 2.37. The molecule has 0 radical (unpaired) electrons. The second-order valence-corrected chi connectivity index (χ2v) is 7.15. The van der Waals surface area contributed by atoms with Crippen molar-refractivity contribution in [3.05, 3.63) is 10.8 Å². The van der Waals surface area contributed by atoms with Gasteiger partial charge in [0.2, 0.25) is 4.96 Å². The fraction of sp³-hybridized carbons (Fsp3) is 0.750. The van der Waals surface area contributed by atoms with Crippen LogP contribution in [0.4, 0.5) is 0 Å². The molecule has 0 spiro atoms. The third kappa shape index (κ3) is 1.83. The van der Waals surface area contributed by atoms with Crippen LogP contribution in [0.15, 0.2) is 0 Å². The molecule has 0 saturated heterocycles. The topological polar surface area (TPSA) is 69.1 Å². The summed E-state index contributed by atoms with van der Waals surface area (Å²) in [5.74, 6) is 1.56. The molecular weight excluding hydrogens is 246 g/mol. The summed E-state index contributed by atoms with van der Waals surface area (Å²) in [5.41, 5.74) is 6.27. The lowest BCUT2D eigenvalue weighted by atomic mass is 9.85. The number of aromatic nitrogens is 4. The van der Waals surface area contributed by atoms with Gasteiger partial charge in [-0.05, 0) is 18.3 Å². The Morgan fingerprint density at radius 1 is 1.33 bits per heavy atom. The van der Waals surface area contributed by atoms with E-state index in [1.807, 2.05) is 4.52 Å². The van der Waals surface area contributed by atoms with Crippen LogP contribution in [0, 0.1) is 5.41 Å². The van der Waals surface area contributed by atoms with Crippen molar-refractivity contribution in [1.29, 1.82) is 0 Å². The van der Waals surface area contributed by atoms with Gasteiger partial charge in [0.1, 0.15) is 5.01 Å². The molecule has 18 heavy (non-hydrogen) atoms. The Hall–Kier alpha value is -1.01. The number of rotatable bonds is 2. The zero-order valence-corrected chi connectivity index (χ0v) is 11.9. The van der Waals surface area contributed by atoms with E-state index in [1.165, 1.54) is 19.3 Å². The maximum Gasteiger partial charge on any atom is 0.234 e. The molecule has 0 aliphatic heterocycles. The maximum absolute atomic E-state index is 6.25. The Labute approximate surface area is 110 Å². The smallest absolute Gasteiger partial charge is 0.234 e. The van der Waals surface area contributed by atoms with E-state index >= 15 is 0 Å². The number of nitrogens with zero attached hydrogens (tertiary/aromatic N) is 4. The van der Waals surface area contributed by atoms with Crippen LogP contribution in [-0.2, 0) is 0 Å². The first-order chi connectivity index (χ1) is 8.47. The van der Waals surface area contributed by atoms with Crippen LogP contribution >= 0.6 is 11.3 Å². The van der Waals surface area contributed by atoms with Gasteiger partial charge in [-0.1, -0.05) is 38.5 Å². The number of fused-ring (bicyclic) bond motifs is 1. The van der Waals surface area contributed by atoms with Gasteiger partial charge in [-0.3, -0.25) is 0 Å². The minimum atomic E-state index is -0.0570. The molecule has 1 unspecified atom stereocenters. The lowest BCUT2D eigenvalue weighted by Gasteiger charge is -2.24. The van der Waals surface area contributed by atoms with E-state index in [-0.39, 0.29) is 11.5 Å². The van der Waals surface area contributed by atoms with Gasteiger partial charge in [-0.25, -0.2) is 0 Å². The molecule has 2 aromatic heterocycles. The minimum Gasteiger partial charge on any atom is -0.321 e. The summed E-state index contributed by atoms with van der Waals surface area (Å²) >= 11 is 1.56. The van der Waals surface area contributed by atoms with Crippen LogP contribution in [0.1, 0.15) is 62.8 Å². The van der Waals surface area contributed by atoms with Crippen molar-refractivity contribution >= 4 is 16.3 Å². The first kappa shape index (κ1) is 12.0. The summed E-state index contributed by atoms with van der Waals surface area (Å²) in [6, 6.07) is -0.0570. The predicted octanol–water partition coefficient (Wildman–Crippen LogP) is 2.50. The Bertz CT molecular complexity index is 561. The molecule has 0 amide bonds. The van der Waals surface area contributed by atoms with Gasteiger partial charge >= 0.3 is 0 Å². The van der Waals surface area contributed by atoms with E-state index in [4.69, 9.17) is 5.73 Å². The van der Waals surface area contributed by atoms with Gasteiger partial charge in [0.15, 0.2) is 5.82 Å². The molecule has 2 heterocycles. The SMILES string of the molecule is CC(C)(C)C(N)c1nn2c(C3CCC3)nnc2s1. The summed E-state index contributed by atoms with van der Waals surface area (Å²) < 4.78 is 1.90. The fourth-order valence-corrected chi connectivity index (χ4v) is 3.16. The first-order valence-corrected chi connectivity index (χ1v) is 7.26. The summed E-state index contributed by atoms with van der Waals surface area (Å²) in [6.45, 7) is 6.40. The van der Waals surface area contributed by atoms with Crippen molar-refractivity contribution < 1.29 is 0 Å². The van der Waals surface area contributed by atoms with E-state index in [1.54, 1.807) is 11.3 Å². The zero-order valence-electron chi connectivity index (χ0n) is 11.1. The van der Waals surface area contributed by atoms with Gasteiger partial charge in [0.05, 0.1) is 6.04 Å². The van der Waals surface area contributed by atoms with Crippen LogP contribution in [0.5, 0.6) is 0 Å². The average Bonchev–Trinajstić information content (AvgIpc) is 2.74. The highest BCUT2D eigenvalue weighted by Gasteiger charge is 2.29.